The molecule has 0 aliphatic carbocycles. The summed E-state index contributed by atoms with van der Waals surface area (Å²) in [5, 5.41) is 5.81. The molecular formula is C28H31ClN4O5S2. The summed E-state index contributed by atoms with van der Waals surface area (Å²) in [5.41, 5.74) is 2.10. The number of amides is 3. The molecule has 3 aliphatic rings. The lowest BCUT2D eigenvalue weighted by Gasteiger charge is -2.38. The van der Waals surface area contributed by atoms with E-state index in [9.17, 15) is 14.4 Å². The summed E-state index contributed by atoms with van der Waals surface area (Å²) >= 11 is 9.53. The fraction of sp³-hybridized carbons (Fsp3) is 0.464. The first-order valence-electron chi connectivity index (χ1n) is 13.1. The number of benzene rings is 1. The molecule has 1 aromatic carbocycles. The first-order chi connectivity index (χ1) is 19.0. The number of nitrogens with one attached hydrogen (secondary N) is 1. The molecule has 1 fully saturated rings. The van der Waals surface area contributed by atoms with Gasteiger partial charge in [-0.05, 0) is 52.0 Å². The molecule has 0 bridgehead atoms. The molecule has 40 heavy (non-hydrogen) atoms. The normalized spacial score (nSPS) is 22.7. The molecule has 1 saturated heterocycles. The molecule has 3 aliphatic heterocycles. The number of dihydropyridines is 1. The van der Waals surface area contributed by atoms with E-state index in [1.807, 2.05) is 31.1 Å². The number of piperidine rings is 1. The molecule has 4 heterocycles. The van der Waals surface area contributed by atoms with Crippen molar-refractivity contribution in [3.05, 3.63) is 49.3 Å². The van der Waals surface area contributed by atoms with Crippen molar-refractivity contribution < 1.29 is 23.9 Å². The third-order valence-electron chi connectivity index (χ3n) is 7.64. The molecule has 1 N–H and O–H groups in total. The number of aliphatic imine (C=N–C) groups is 1. The van der Waals surface area contributed by atoms with Gasteiger partial charge in [0.25, 0.3) is 23.5 Å². The van der Waals surface area contributed by atoms with Crippen LogP contribution in [-0.2, 0) is 4.79 Å². The van der Waals surface area contributed by atoms with Crippen molar-refractivity contribution in [1.29, 1.82) is 0 Å². The Balaban J connectivity index is 1.26. The van der Waals surface area contributed by atoms with Gasteiger partial charge in [-0.2, -0.15) is 0 Å². The van der Waals surface area contributed by atoms with Crippen LogP contribution in [-0.4, -0.2) is 65.0 Å². The predicted octanol–water partition coefficient (Wildman–Crippen LogP) is 5.05. The molecule has 1 aromatic heterocycles. The standard InChI is InChI=1S/C28H31ClN4O5S2/c1-14-10-22(39-5)19(26(35)31-14)12-30-25(34)18-11-20(29)24-23(15(18)2)37-28(4,38-24)17-6-8-33(9-7-17)27(36)21-13-40-16(3)32-21/h10-11,13,17,19H,6-9,12H2,1-5H3,(H,30,34). The van der Waals surface area contributed by atoms with Crippen LogP contribution in [0.1, 0.15) is 58.1 Å². The Labute approximate surface area is 246 Å². The van der Waals surface area contributed by atoms with Crippen molar-refractivity contribution in [2.45, 2.75) is 46.3 Å². The lowest BCUT2D eigenvalue weighted by molar-refractivity contribution is -0.123. The topological polar surface area (TPSA) is 110 Å². The number of thiazole rings is 1. The fourth-order valence-electron chi connectivity index (χ4n) is 5.37. The predicted molar refractivity (Wildman–Crippen MR) is 157 cm³/mol. The van der Waals surface area contributed by atoms with Crippen molar-refractivity contribution >= 4 is 58.1 Å². The fourth-order valence-corrected chi connectivity index (χ4v) is 6.95. The van der Waals surface area contributed by atoms with Crippen LogP contribution in [0, 0.1) is 25.7 Å². The summed E-state index contributed by atoms with van der Waals surface area (Å²) in [6.45, 7) is 8.59. The Hall–Kier alpha value is -2.89. The number of hydrogen-bond acceptors (Lipinski definition) is 8. The number of allylic oxidation sites excluding steroid dienone is 1. The molecule has 2 aromatic rings. The van der Waals surface area contributed by atoms with Crippen molar-refractivity contribution in [2.24, 2.45) is 16.8 Å². The number of hydrogen-bond donors (Lipinski definition) is 1. The maximum atomic E-state index is 13.2. The highest BCUT2D eigenvalue weighted by molar-refractivity contribution is 8.02. The van der Waals surface area contributed by atoms with Gasteiger partial charge >= 0.3 is 0 Å². The molecule has 12 heteroatoms. The Morgan fingerprint density at radius 2 is 1.93 bits per heavy atom. The van der Waals surface area contributed by atoms with Crippen LogP contribution in [0.4, 0.5) is 0 Å². The quantitative estimate of drug-likeness (QED) is 0.493. The highest BCUT2D eigenvalue weighted by Gasteiger charge is 2.47. The van der Waals surface area contributed by atoms with Crippen LogP contribution in [0.3, 0.4) is 0 Å². The molecule has 0 saturated carbocycles. The second-order valence-electron chi connectivity index (χ2n) is 10.3. The van der Waals surface area contributed by atoms with Crippen LogP contribution >= 0.6 is 34.7 Å². The number of rotatable bonds is 6. The van der Waals surface area contributed by atoms with Crippen LogP contribution in [0.5, 0.6) is 11.5 Å². The van der Waals surface area contributed by atoms with Crippen LogP contribution in [0.15, 0.2) is 27.4 Å². The average Bonchev–Trinajstić information content (AvgIpc) is 3.53. The number of halogens is 1. The second kappa shape index (κ2) is 11.2. The number of nitrogens with zero attached hydrogens (tertiary/aromatic N) is 3. The monoisotopic (exact) mass is 602 g/mol. The van der Waals surface area contributed by atoms with E-state index in [0.717, 1.165) is 9.91 Å². The summed E-state index contributed by atoms with van der Waals surface area (Å²) in [6.07, 6.45) is 5.14. The molecule has 0 radical (unpaired) electrons. The van der Waals surface area contributed by atoms with E-state index in [1.54, 1.807) is 25.3 Å². The van der Waals surface area contributed by atoms with Crippen molar-refractivity contribution in [2.75, 3.05) is 25.9 Å². The van der Waals surface area contributed by atoms with Gasteiger partial charge in [0, 0.05) is 59.6 Å². The summed E-state index contributed by atoms with van der Waals surface area (Å²) in [5.74, 6) is -1.33. The summed E-state index contributed by atoms with van der Waals surface area (Å²) in [6, 6.07) is 1.58. The van der Waals surface area contributed by atoms with Gasteiger partial charge in [-0.1, -0.05) is 11.6 Å². The molecule has 0 spiro atoms. The van der Waals surface area contributed by atoms with E-state index in [2.05, 4.69) is 15.3 Å². The third kappa shape index (κ3) is 5.38. The highest BCUT2D eigenvalue weighted by Crippen LogP contribution is 2.51. The third-order valence-corrected chi connectivity index (χ3v) is 9.56. The minimum absolute atomic E-state index is 0.00643. The minimum atomic E-state index is -0.986. The average molecular weight is 603 g/mol. The maximum Gasteiger partial charge on any atom is 0.273 e. The van der Waals surface area contributed by atoms with Crippen LogP contribution < -0.4 is 14.8 Å². The van der Waals surface area contributed by atoms with E-state index in [1.165, 1.54) is 23.1 Å². The van der Waals surface area contributed by atoms with E-state index in [-0.39, 0.29) is 35.2 Å². The number of likely N-dealkylation sites (tertiary alicyclic amines) is 1. The first-order valence-corrected chi connectivity index (χ1v) is 15.5. The second-order valence-corrected chi connectivity index (χ2v) is 12.7. The SMILES string of the molecule is CSC1=CC(C)=NC(=O)C1CNC(=O)c1cc(Cl)c2c(c1C)OC(C)(C1CCN(C(=O)c3csc(C)n3)CC1)O2. The molecule has 3 amide bonds. The number of aryl methyl sites for hydroxylation is 1. The number of carbonyl (C=O) groups is 3. The van der Waals surface area contributed by atoms with E-state index in [0.29, 0.717) is 60.0 Å². The maximum absolute atomic E-state index is 13.2. The molecule has 212 valence electrons. The van der Waals surface area contributed by atoms with Gasteiger partial charge in [0.15, 0.2) is 11.5 Å². The van der Waals surface area contributed by atoms with Crippen LogP contribution in [0.25, 0.3) is 0 Å². The Morgan fingerprint density at radius 1 is 1.23 bits per heavy atom. The first kappa shape index (κ1) is 28.6. The van der Waals surface area contributed by atoms with Crippen LogP contribution in [0.2, 0.25) is 5.02 Å². The number of ether oxygens (including phenoxy) is 2. The van der Waals surface area contributed by atoms with Crippen molar-refractivity contribution in [3.63, 3.8) is 0 Å². The summed E-state index contributed by atoms with van der Waals surface area (Å²) < 4.78 is 12.7. The molecule has 2 unspecified atom stereocenters. The van der Waals surface area contributed by atoms with E-state index in [4.69, 9.17) is 21.1 Å². The van der Waals surface area contributed by atoms with Gasteiger partial charge in [-0.15, -0.1) is 23.1 Å². The van der Waals surface area contributed by atoms with Gasteiger partial charge in [0.2, 0.25) is 0 Å². The largest absolute Gasteiger partial charge is 0.448 e. The van der Waals surface area contributed by atoms with E-state index >= 15 is 0 Å². The zero-order valence-corrected chi connectivity index (χ0v) is 25.4. The smallest absolute Gasteiger partial charge is 0.273 e. The van der Waals surface area contributed by atoms with Gasteiger partial charge in [-0.25, -0.2) is 9.98 Å². The summed E-state index contributed by atoms with van der Waals surface area (Å²) in [4.78, 5) is 49.6. The highest BCUT2D eigenvalue weighted by atomic mass is 35.5. The van der Waals surface area contributed by atoms with Gasteiger partial charge in [-0.3, -0.25) is 14.4 Å². The number of aromatic nitrogens is 1. The molecule has 9 nitrogen and oxygen atoms in total. The number of fused-ring (bicyclic) bond motifs is 1. The Kier molecular flexibility index (Phi) is 8.00. The molecule has 2 atom stereocenters. The summed E-state index contributed by atoms with van der Waals surface area (Å²) in [7, 11) is 0. The van der Waals surface area contributed by atoms with E-state index < -0.39 is 11.7 Å². The number of carbonyl (C=O) groups excluding carboxylic acids is 3. The Morgan fingerprint density at radius 3 is 2.58 bits per heavy atom. The van der Waals surface area contributed by atoms with Gasteiger partial charge in [0.05, 0.1) is 15.9 Å². The van der Waals surface area contributed by atoms with Gasteiger partial charge < -0.3 is 19.7 Å². The molecule has 5 rings (SSSR count). The lowest BCUT2D eigenvalue weighted by Crippen LogP contribution is -2.49. The molecular weight excluding hydrogens is 572 g/mol. The zero-order chi connectivity index (χ0) is 28.8. The van der Waals surface area contributed by atoms with Crippen molar-refractivity contribution in [3.8, 4) is 11.5 Å². The van der Waals surface area contributed by atoms with Crippen molar-refractivity contribution in [1.82, 2.24) is 15.2 Å². The lowest BCUT2D eigenvalue weighted by atomic mass is 9.89. The Bertz CT molecular complexity index is 1450. The minimum Gasteiger partial charge on any atom is -0.448 e. The number of thioether (sulfide) groups is 1. The zero-order valence-electron chi connectivity index (χ0n) is 23.0. The van der Waals surface area contributed by atoms with Gasteiger partial charge in [0.1, 0.15) is 5.69 Å².